The molecule has 0 unspecified atom stereocenters. The quantitative estimate of drug-likeness (QED) is 0.532. The predicted molar refractivity (Wildman–Crippen MR) is 44.2 cm³/mol. The number of carbonyl (C=O) groups is 2. The topological polar surface area (TPSA) is 94.8 Å². The van der Waals surface area contributed by atoms with Crippen LogP contribution in [0.2, 0.25) is 0 Å². The zero-order valence-electron chi connectivity index (χ0n) is 7.23. The van der Waals surface area contributed by atoms with Crippen molar-refractivity contribution in [2.24, 2.45) is 5.92 Å². The van der Waals surface area contributed by atoms with Crippen LogP contribution in [0.15, 0.2) is 12.2 Å². The van der Waals surface area contributed by atoms with Gasteiger partial charge in [-0.2, -0.15) is 0 Å². The molecule has 5 heteroatoms. The maximum atomic E-state index is 10.5. The first-order chi connectivity index (χ1) is 5.86. The number of rotatable bonds is 5. The zero-order valence-corrected chi connectivity index (χ0v) is 7.23. The van der Waals surface area contributed by atoms with Crippen molar-refractivity contribution in [3.8, 4) is 0 Å². The SMILES string of the molecule is C=C(C)C[C@H](C(=O)O)[C@@H](O)C(=O)O. The lowest BCUT2D eigenvalue weighted by Crippen LogP contribution is -2.34. The van der Waals surface area contributed by atoms with Gasteiger partial charge >= 0.3 is 11.9 Å². The molecule has 0 aliphatic heterocycles. The van der Waals surface area contributed by atoms with Gasteiger partial charge in [0.15, 0.2) is 6.10 Å². The summed E-state index contributed by atoms with van der Waals surface area (Å²) in [5.41, 5.74) is 0.521. The first-order valence-electron chi connectivity index (χ1n) is 3.64. The van der Waals surface area contributed by atoms with Crippen LogP contribution in [0.5, 0.6) is 0 Å². The minimum atomic E-state index is -1.88. The van der Waals surface area contributed by atoms with Gasteiger partial charge in [-0.1, -0.05) is 5.57 Å². The van der Waals surface area contributed by atoms with Gasteiger partial charge in [-0.15, -0.1) is 6.58 Å². The average molecular weight is 188 g/mol. The van der Waals surface area contributed by atoms with Crippen LogP contribution in [0.25, 0.3) is 0 Å². The number of allylic oxidation sites excluding steroid dienone is 1. The molecule has 0 spiro atoms. The number of hydrogen-bond acceptors (Lipinski definition) is 3. The van der Waals surface area contributed by atoms with E-state index in [0.29, 0.717) is 5.57 Å². The van der Waals surface area contributed by atoms with Crippen molar-refractivity contribution in [2.75, 3.05) is 0 Å². The summed E-state index contributed by atoms with van der Waals surface area (Å²) in [5, 5.41) is 25.9. The summed E-state index contributed by atoms with van der Waals surface area (Å²) in [6, 6.07) is 0. The molecule has 5 nitrogen and oxygen atoms in total. The summed E-state index contributed by atoms with van der Waals surface area (Å²) in [6.07, 6.45) is -1.92. The van der Waals surface area contributed by atoms with Crippen LogP contribution < -0.4 is 0 Å². The summed E-state index contributed by atoms with van der Waals surface area (Å²) in [7, 11) is 0. The van der Waals surface area contributed by atoms with E-state index in [0.717, 1.165) is 0 Å². The highest BCUT2D eigenvalue weighted by molar-refractivity contribution is 5.81. The molecule has 0 aromatic carbocycles. The molecular formula is C8H12O5. The Morgan fingerprint density at radius 3 is 2.00 bits per heavy atom. The average Bonchev–Trinajstić information content (AvgIpc) is 1.97. The first kappa shape index (κ1) is 11.6. The Morgan fingerprint density at radius 1 is 1.31 bits per heavy atom. The standard InChI is InChI=1S/C8H12O5/c1-4(2)3-5(7(10)11)6(9)8(12)13/h5-6,9H,1,3H2,2H3,(H,10,11)(H,12,13)/t5-,6+/m0/s1. The second-order valence-electron chi connectivity index (χ2n) is 2.89. The second-order valence-corrected chi connectivity index (χ2v) is 2.89. The monoisotopic (exact) mass is 188 g/mol. The van der Waals surface area contributed by atoms with Crippen LogP contribution in [0.4, 0.5) is 0 Å². The fourth-order valence-electron chi connectivity index (χ4n) is 0.882. The molecule has 0 saturated carbocycles. The molecule has 0 aliphatic carbocycles. The maximum absolute atomic E-state index is 10.5. The lowest BCUT2D eigenvalue weighted by molar-refractivity contribution is -0.159. The Kier molecular flexibility index (Phi) is 4.13. The molecule has 13 heavy (non-hydrogen) atoms. The van der Waals surface area contributed by atoms with Crippen molar-refractivity contribution >= 4 is 11.9 Å². The molecule has 3 N–H and O–H groups in total. The third-order valence-electron chi connectivity index (χ3n) is 1.52. The van der Waals surface area contributed by atoms with Crippen LogP contribution in [0.3, 0.4) is 0 Å². The van der Waals surface area contributed by atoms with E-state index in [1.54, 1.807) is 6.92 Å². The van der Waals surface area contributed by atoms with Crippen molar-refractivity contribution in [1.29, 1.82) is 0 Å². The van der Waals surface area contributed by atoms with Gasteiger partial charge in [-0.3, -0.25) is 4.79 Å². The fourth-order valence-corrected chi connectivity index (χ4v) is 0.882. The molecule has 0 heterocycles. The van der Waals surface area contributed by atoms with E-state index < -0.39 is 24.0 Å². The van der Waals surface area contributed by atoms with Crippen molar-refractivity contribution in [3.63, 3.8) is 0 Å². The van der Waals surface area contributed by atoms with Gasteiger partial charge in [0.2, 0.25) is 0 Å². The van der Waals surface area contributed by atoms with Crippen molar-refractivity contribution < 1.29 is 24.9 Å². The normalized spacial score (nSPS) is 14.6. The van der Waals surface area contributed by atoms with Gasteiger partial charge in [0, 0.05) is 0 Å². The molecule has 0 radical (unpaired) electrons. The largest absolute Gasteiger partial charge is 0.481 e. The predicted octanol–water partition coefficient (Wildman–Crippen LogP) is 0.0989. The molecule has 0 saturated heterocycles. The molecule has 74 valence electrons. The third-order valence-corrected chi connectivity index (χ3v) is 1.52. The van der Waals surface area contributed by atoms with Gasteiger partial charge in [-0.05, 0) is 13.3 Å². The van der Waals surface area contributed by atoms with Crippen molar-refractivity contribution in [3.05, 3.63) is 12.2 Å². The number of aliphatic hydroxyl groups excluding tert-OH is 1. The van der Waals surface area contributed by atoms with Gasteiger partial charge in [-0.25, -0.2) is 4.79 Å². The number of hydrogen-bond donors (Lipinski definition) is 3. The summed E-state index contributed by atoms with van der Waals surface area (Å²) >= 11 is 0. The van der Waals surface area contributed by atoms with Gasteiger partial charge < -0.3 is 15.3 Å². The Hall–Kier alpha value is -1.36. The van der Waals surface area contributed by atoms with Crippen LogP contribution in [-0.2, 0) is 9.59 Å². The Bertz CT molecular complexity index is 233. The molecule has 0 amide bonds. The lowest BCUT2D eigenvalue weighted by atomic mass is 9.95. The Balaban J connectivity index is 4.51. The summed E-state index contributed by atoms with van der Waals surface area (Å²) in [4.78, 5) is 20.8. The van der Waals surface area contributed by atoms with E-state index in [1.807, 2.05) is 0 Å². The van der Waals surface area contributed by atoms with E-state index in [-0.39, 0.29) is 6.42 Å². The summed E-state index contributed by atoms with van der Waals surface area (Å²) in [5.74, 6) is -4.19. The van der Waals surface area contributed by atoms with Crippen molar-refractivity contribution in [2.45, 2.75) is 19.4 Å². The second kappa shape index (κ2) is 4.61. The minimum Gasteiger partial charge on any atom is -0.481 e. The first-order valence-corrected chi connectivity index (χ1v) is 3.64. The molecule has 2 atom stereocenters. The Labute approximate surface area is 75.3 Å². The molecule has 0 fully saturated rings. The number of carboxylic acids is 2. The van der Waals surface area contributed by atoms with Gasteiger partial charge in [0.1, 0.15) is 0 Å². The molecular weight excluding hydrogens is 176 g/mol. The zero-order chi connectivity index (χ0) is 10.6. The summed E-state index contributed by atoms with van der Waals surface area (Å²) in [6.45, 7) is 5.03. The van der Waals surface area contributed by atoms with Gasteiger partial charge in [0.25, 0.3) is 0 Å². The highest BCUT2D eigenvalue weighted by Gasteiger charge is 2.31. The fraction of sp³-hybridized carbons (Fsp3) is 0.500. The van der Waals surface area contributed by atoms with Crippen LogP contribution in [0.1, 0.15) is 13.3 Å². The van der Waals surface area contributed by atoms with E-state index >= 15 is 0 Å². The van der Waals surface area contributed by atoms with E-state index in [1.165, 1.54) is 0 Å². The third kappa shape index (κ3) is 3.71. The van der Waals surface area contributed by atoms with E-state index in [2.05, 4.69) is 6.58 Å². The Morgan fingerprint density at radius 2 is 1.77 bits per heavy atom. The molecule has 0 bridgehead atoms. The smallest absolute Gasteiger partial charge is 0.333 e. The van der Waals surface area contributed by atoms with E-state index in [4.69, 9.17) is 15.3 Å². The highest BCUT2D eigenvalue weighted by atomic mass is 16.4. The van der Waals surface area contributed by atoms with Crippen LogP contribution in [0, 0.1) is 5.92 Å². The number of aliphatic carboxylic acids is 2. The number of carboxylic acid groups (broad SMARTS) is 2. The van der Waals surface area contributed by atoms with E-state index in [9.17, 15) is 9.59 Å². The van der Waals surface area contributed by atoms with Crippen LogP contribution in [-0.4, -0.2) is 33.4 Å². The molecule has 0 rings (SSSR count). The molecule has 0 aliphatic rings. The highest BCUT2D eigenvalue weighted by Crippen LogP contribution is 2.14. The summed E-state index contributed by atoms with van der Waals surface area (Å²) < 4.78 is 0. The molecule has 0 aromatic rings. The maximum Gasteiger partial charge on any atom is 0.333 e. The minimum absolute atomic E-state index is 0.0389. The van der Waals surface area contributed by atoms with Gasteiger partial charge in [0.05, 0.1) is 5.92 Å². The van der Waals surface area contributed by atoms with Crippen molar-refractivity contribution in [1.82, 2.24) is 0 Å². The molecule has 0 aromatic heterocycles. The number of aliphatic hydroxyl groups is 1. The lowest BCUT2D eigenvalue weighted by Gasteiger charge is -2.14. The van der Waals surface area contributed by atoms with Crippen LogP contribution >= 0.6 is 0 Å².